The van der Waals surface area contributed by atoms with Crippen LogP contribution >= 0.6 is 34.9 Å². The van der Waals surface area contributed by atoms with Crippen LogP contribution < -0.4 is 5.32 Å². The maximum Gasteiger partial charge on any atom is 0.230 e. The average molecular weight is 556 g/mol. The predicted octanol–water partition coefficient (Wildman–Crippen LogP) is 5.92. The fourth-order valence-corrected chi connectivity index (χ4v) is 7.39. The van der Waals surface area contributed by atoms with Gasteiger partial charge in [-0.05, 0) is 44.2 Å². The van der Waals surface area contributed by atoms with Crippen molar-refractivity contribution in [1.29, 1.82) is 0 Å². The summed E-state index contributed by atoms with van der Waals surface area (Å²) in [6.45, 7) is 9.16. The van der Waals surface area contributed by atoms with Crippen LogP contribution in [0.4, 0.5) is 0 Å². The SMILES string of the molecule is CCCSc1nc2sc3c(c2c2nnc(SCC(=O)N[C@@H](C)Cc4ccccc4)n12)C[C@@](C)(CC)OC3. The van der Waals surface area contributed by atoms with Gasteiger partial charge in [0, 0.05) is 23.1 Å². The molecule has 7 nitrogen and oxygen atoms in total. The molecular formula is C27H33N5O2S3. The van der Waals surface area contributed by atoms with E-state index in [0.717, 1.165) is 52.5 Å². The zero-order valence-electron chi connectivity index (χ0n) is 21.7. The van der Waals surface area contributed by atoms with Gasteiger partial charge in [-0.15, -0.1) is 21.5 Å². The van der Waals surface area contributed by atoms with Gasteiger partial charge in [-0.1, -0.05) is 67.7 Å². The van der Waals surface area contributed by atoms with E-state index < -0.39 is 0 Å². The Balaban J connectivity index is 1.40. The zero-order chi connectivity index (χ0) is 26.0. The van der Waals surface area contributed by atoms with Crippen LogP contribution in [-0.2, 0) is 29.0 Å². The van der Waals surface area contributed by atoms with Crippen LogP contribution in [0.15, 0.2) is 40.6 Å². The summed E-state index contributed by atoms with van der Waals surface area (Å²) in [5.74, 6) is 1.22. The van der Waals surface area contributed by atoms with Gasteiger partial charge in [-0.3, -0.25) is 4.79 Å². The third kappa shape index (κ3) is 5.67. The molecule has 4 aromatic rings. The van der Waals surface area contributed by atoms with Gasteiger partial charge in [0.2, 0.25) is 5.91 Å². The molecule has 1 aromatic carbocycles. The number of nitrogens with zero attached hydrogens (tertiary/aromatic N) is 4. The Kier molecular flexibility index (Phi) is 8.09. The van der Waals surface area contributed by atoms with E-state index in [9.17, 15) is 4.79 Å². The summed E-state index contributed by atoms with van der Waals surface area (Å²) in [5, 5.41) is 15.0. The Bertz CT molecular complexity index is 1400. The molecule has 1 N–H and O–H groups in total. The van der Waals surface area contributed by atoms with Crippen LogP contribution in [0.5, 0.6) is 0 Å². The molecule has 0 radical (unpaired) electrons. The minimum absolute atomic E-state index is 0.00856. The quantitative estimate of drug-likeness (QED) is 0.192. The van der Waals surface area contributed by atoms with Gasteiger partial charge in [0.15, 0.2) is 16.0 Å². The number of hydrogen-bond donors (Lipinski definition) is 1. The number of carbonyl (C=O) groups excluding carboxylic acids is 1. The van der Waals surface area contributed by atoms with Crippen molar-refractivity contribution in [3.8, 4) is 0 Å². The molecule has 0 unspecified atom stereocenters. The second-order valence-electron chi connectivity index (χ2n) is 9.78. The Hall–Kier alpha value is -2.14. The van der Waals surface area contributed by atoms with E-state index in [1.54, 1.807) is 23.1 Å². The molecule has 1 aliphatic heterocycles. The highest BCUT2D eigenvalue weighted by Crippen LogP contribution is 2.42. The number of thioether (sulfide) groups is 2. The highest BCUT2D eigenvalue weighted by atomic mass is 32.2. The molecule has 0 bridgehead atoms. The van der Waals surface area contributed by atoms with Crippen molar-refractivity contribution in [2.45, 2.75) is 81.9 Å². The van der Waals surface area contributed by atoms with E-state index in [4.69, 9.17) is 9.72 Å². The lowest BCUT2D eigenvalue weighted by atomic mass is 9.90. The summed E-state index contributed by atoms with van der Waals surface area (Å²) in [6, 6.07) is 10.3. The van der Waals surface area contributed by atoms with E-state index in [1.807, 2.05) is 25.1 Å². The molecular weight excluding hydrogens is 523 g/mol. The molecule has 0 spiro atoms. The largest absolute Gasteiger partial charge is 0.369 e. The van der Waals surface area contributed by atoms with Crippen molar-refractivity contribution in [1.82, 2.24) is 24.9 Å². The summed E-state index contributed by atoms with van der Waals surface area (Å²) in [5.41, 5.74) is 3.15. The number of aromatic nitrogens is 4. The third-order valence-electron chi connectivity index (χ3n) is 6.73. The molecule has 3 aromatic heterocycles. The Morgan fingerprint density at radius 3 is 2.78 bits per heavy atom. The first-order chi connectivity index (χ1) is 17.9. The van der Waals surface area contributed by atoms with Crippen molar-refractivity contribution >= 4 is 56.6 Å². The summed E-state index contributed by atoms with van der Waals surface area (Å²) < 4.78 is 8.26. The maximum absolute atomic E-state index is 12.8. The Morgan fingerprint density at radius 2 is 2.03 bits per heavy atom. The van der Waals surface area contributed by atoms with Gasteiger partial charge in [-0.2, -0.15) is 0 Å². The van der Waals surface area contributed by atoms with Crippen molar-refractivity contribution in [2.24, 2.45) is 0 Å². The van der Waals surface area contributed by atoms with Gasteiger partial charge in [0.1, 0.15) is 4.83 Å². The van der Waals surface area contributed by atoms with Crippen molar-refractivity contribution in [3.63, 3.8) is 0 Å². The highest BCUT2D eigenvalue weighted by molar-refractivity contribution is 8.00. The first-order valence-corrected chi connectivity index (χ1v) is 15.6. The second kappa shape index (κ2) is 11.3. The Morgan fingerprint density at radius 1 is 1.22 bits per heavy atom. The lowest BCUT2D eigenvalue weighted by Crippen LogP contribution is -2.35. The van der Waals surface area contributed by atoms with Crippen LogP contribution in [0.1, 0.15) is 56.5 Å². The molecule has 196 valence electrons. The molecule has 5 rings (SSSR count). The normalized spacial score (nSPS) is 18.3. The van der Waals surface area contributed by atoms with Gasteiger partial charge in [-0.25, -0.2) is 9.38 Å². The zero-order valence-corrected chi connectivity index (χ0v) is 24.2. The van der Waals surface area contributed by atoms with Crippen LogP contribution in [0.2, 0.25) is 0 Å². The molecule has 0 saturated carbocycles. The van der Waals surface area contributed by atoms with Crippen molar-refractivity contribution in [2.75, 3.05) is 11.5 Å². The topological polar surface area (TPSA) is 81.4 Å². The van der Waals surface area contributed by atoms with Gasteiger partial charge >= 0.3 is 0 Å². The monoisotopic (exact) mass is 555 g/mol. The minimum atomic E-state index is -0.181. The van der Waals surface area contributed by atoms with Crippen molar-refractivity contribution in [3.05, 3.63) is 46.3 Å². The third-order valence-corrected chi connectivity index (χ3v) is 9.90. The molecule has 0 saturated heterocycles. The molecule has 0 fully saturated rings. The number of benzene rings is 1. The lowest BCUT2D eigenvalue weighted by Gasteiger charge is -2.33. The molecule has 0 aliphatic carbocycles. The number of ether oxygens (including phenoxy) is 1. The maximum atomic E-state index is 12.8. The molecule has 10 heteroatoms. The smallest absolute Gasteiger partial charge is 0.230 e. The number of fused-ring (bicyclic) bond motifs is 5. The summed E-state index contributed by atoms with van der Waals surface area (Å²) >= 11 is 4.84. The predicted molar refractivity (Wildman–Crippen MR) is 153 cm³/mol. The van der Waals surface area contributed by atoms with E-state index >= 15 is 0 Å². The van der Waals surface area contributed by atoms with Gasteiger partial charge in [0.25, 0.3) is 0 Å². The molecule has 1 aliphatic rings. The van der Waals surface area contributed by atoms with E-state index in [1.165, 1.54) is 27.8 Å². The minimum Gasteiger partial charge on any atom is -0.369 e. The number of rotatable bonds is 10. The number of amides is 1. The standard InChI is InChI=1S/C27H33N5O2S3/c1-5-12-35-25-29-24-22(19-14-27(4,6-2)34-15-20(19)37-24)23-30-31-26(32(23)25)36-16-21(33)28-17(3)13-18-10-8-7-9-11-18/h7-11,17H,5-6,12-16H2,1-4H3,(H,28,33)/t17-,27+/m0/s1. The number of hydrogen-bond acceptors (Lipinski definition) is 8. The van der Waals surface area contributed by atoms with Crippen molar-refractivity contribution < 1.29 is 9.53 Å². The summed E-state index contributed by atoms with van der Waals surface area (Å²) in [7, 11) is 0. The lowest BCUT2D eigenvalue weighted by molar-refractivity contribution is -0.119. The number of thiophene rings is 1. The first kappa shape index (κ1) is 26.5. The Labute approximate surface area is 230 Å². The molecule has 1 amide bonds. The first-order valence-electron chi connectivity index (χ1n) is 12.8. The summed E-state index contributed by atoms with van der Waals surface area (Å²) in [6.07, 6.45) is 3.63. The molecule has 37 heavy (non-hydrogen) atoms. The van der Waals surface area contributed by atoms with Crippen LogP contribution in [0, 0.1) is 0 Å². The van der Waals surface area contributed by atoms with Gasteiger partial charge < -0.3 is 10.1 Å². The van der Waals surface area contributed by atoms with E-state index in [2.05, 4.69) is 52.8 Å². The van der Waals surface area contributed by atoms with Crippen LogP contribution in [-0.4, -0.2) is 48.6 Å². The van der Waals surface area contributed by atoms with Gasteiger partial charge in [0.05, 0.1) is 23.3 Å². The fraction of sp³-hybridized carbons (Fsp3) is 0.481. The second-order valence-corrected chi connectivity index (χ2v) is 12.9. The van der Waals surface area contributed by atoms with E-state index in [0.29, 0.717) is 11.8 Å². The molecule has 2 atom stereocenters. The fourth-order valence-electron chi connectivity index (χ4n) is 4.59. The number of nitrogens with one attached hydrogen (secondary N) is 1. The molecule has 4 heterocycles. The van der Waals surface area contributed by atoms with Crippen LogP contribution in [0.3, 0.4) is 0 Å². The van der Waals surface area contributed by atoms with Crippen LogP contribution in [0.25, 0.3) is 15.9 Å². The summed E-state index contributed by atoms with van der Waals surface area (Å²) in [4.78, 5) is 20.1. The van der Waals surface area contributed by atoms with E-state index in [-0.39, 0.29) is 23.3 Å². The number of carbonyl (C=O) groups is 1. The average Bonchev–Trinajstić information content (AvgIpc) is 3.47. The highest BCUT2D eigenvalue weighted by Gasteiger charge is 2.33.